The van der Waals surface area contributed by atoms with Gasteiger partial charge < -0.3 is 9.52 Å². The van der Waals surface area contributed by atoms with E-state index < -0.39 is 22.4 Å². The molecule has 0 spiro atoms. The van der Waals surface area contributed by atoms with Crippen LogP contribution in [0.5, 0.6) is 0 Å². The van der Waals surface area contributed by atoms with Crippen LogP contribution in [0.15, 0.2) is 28.7 Å². The Morgan fingerprint density at radius 1 is 0.811 bits per heavy atom. The number of thiol groups is 1. The van der Waals surface area contributed by atoms with Crippen molar-refractivity contribution in [1.29, 1.82) is 0 Å². The Balaban J connectivity index is 2.15. The largest absolute Gasteiger partial charge is 0.481 e. The summed E-state index contributed by atoms with van der Waals surface area (Å²) in [6, 6.07) is 7.32. The number of unbranched alkanes of at least 4 members (excludes halogenated alkanes) is 14. The van der Waals surface area contributed by atoms with Crippen LogP contribution in [0.1, 0.15) is 141 Å². The third-order valence-electron chi connectivity index (χ3n) is 7.74. The SMILES string of the molecule is CCCCCCCCCCC(CCCCCCCCCC)(C(=O)O)C(C(=O)S)c1nc2ccccc2o1. The lowest BCUT2D eigenvalue weighted by molar-refractivity contribution is -0.154. The third-order valence-corrected chi connectivity index (χ3v) is 7.99. The van der Waals surface area contributed by atoms with E-state index in [0.29, 0.717) is 23.9 Å². The van der Waals surface area contributed by atoms with E-state index in [-0.39, 0.29) is 5.89 Å². The van der Waals surface area contributed by atoms with Gasteiger partial charge in [0.05, 0.1) is 5.41 Å². The van der Waals surface area contributed by atoms with Gasteiger partial charge in [-0.15, -0.1) is 12.6 Å². The number of carboxylic acid groups (broad SMARTS) is 1. The van der Waals surface area contributed by atoms with Gasteiger partial charge in [-0.05, 0) is 25.0 Å². The normalized spacial score (nSPS) is 12.7. The van der Waals surface area contributed by atoms with Crippen LogP contribution in [0.2, 0.25) is 0 Å². The van der Waals surface area contributed by atoms with E-state index in [9.17, 15) is 14.7 Å². The monoisotopic (exact) mass is 531 g/mol. The lowest BCUT2D eigenvalue weighted by atomic mass is 9.68. The van der Waals surface area contributed by atoms with Crippen LogP contribution in [0.3, 0.4) is 0 Å². The van der Waals surface area contributed by atoms with Gasteiger partial charge in [0.2, 0.25) is 5.89 Å². The molecule has 0 aliphatic rings. The molecule has 1 aromatic carbocycles. The van der Waals surface area contributed by atoms with Crippen LogP contribution in [-0.4, -0.2) is 21.2 Å². The number of carbonyl (C=O) groups excluding carboxylic acids is 1. The first-order valence-corrected chi connectivity index (χ1v) is 15.2. The van der Waals surface area contributed by atoms with Gasteiger partial charge in [-0.2, -0.15) is 0 Å². The molecule has 1 heterocycles. The number of aliphatic carboxylic acids is 1. The molecule has 1 aromatic heterocycles. The van der Waals surface area contributed by atoms with Crippen molar-refractivity contribution in [2.24, 2.45) is 5.41 Å². The fourth-order valence-corrected chi connectivity index (χ4v) is 5.85. The van der Waals surface area contributed by atoms with Crippen LogP contribution in [-0.2, 0) is 9.59 Å². The van der Waals surface area contributed by atoms with E-state index in [0.717, 1.165) is 38.5 Å². The number of aromatic nitrogens is 1. The maximum Gasteiger partial charge on any atom is 0.310 e. The zero-order chi connectivity index (χ0) is 26.9. The highest BCUT2D eigenvalue weighted by Crippen LogP contribution is 2.47. The molecule has 0 bridgehead atoms. The number of benzene rings is 1. The molecule has 208 valence electrons. The number of para-hydroxylation sites is 2. The van der Waals surface area contributed by atoms with Crippen LogP contribution >= 0.6 is 12.6 Å². The van der Waals surface area contributed by atoms with Gasteiger partial charge in [0.1, 0.15) is 11.4 Å². The van der Waals surface area contributed by atoms with Crippen molar-refractivity contribution in [3.05, 3.63) is 30.2 Å². The van der Waals surface area contributed by atoms with Gasteiger partial charge in [-0.1, -0.05) is 129 Å². The molecule has 0 saturated heterocycles. The van der Waals surface area contributed by atoms with Crippen molar-refractivity contribution in [1.82, 2.24) is 4.98 Å². The quantitative estimate of drug-likeness (QED) is 0.117. The Morgan fingerprint density at radius 3 is 1.70 bits per heavy atom. The van der Waals surface area contributed by atoms with E-state index in [1.807, 2.05) is 18.2 Å². The van der Waals surface area contributed by atoms with E-state index in [4.69, 9.17) is 4.42 Å². The number of carbonyl (C=O) groups is 2. The molecule has 1 unspecified atom stereocenters. The fourth-order valence-electron chi connectivity index (χ4n) is 5.49. The number of rotatable bonds is 22. The van der Waals surface area contributed by atoms with Crippen LogP contribution in [0.4, 0.5) is 0 Å². The van der Waals surface area contributed by atoms with Crippen LogP contribution in [0.25, 0.3) is 11.1 Å². The minimum atomic E-state index is -1.26. The number of carboxylic acids is 1. The zero-order valence-electron chi connectivity index (χ0n) is 23.2. The van der Waals surface area contributed by atoms with E-state index in [2.05, 4.69) is 31.5 Å². The van der Waals surface area contributed by atoms with E-state index in [1.54, 1.807) is 6.07 Å². The van der Waals surface area contributed by atoms with Gasteiger partial charge in [-0.25, -0.2) is 4.98 Å². The smallest absolute Gasteiger partial charge is 0.310 e. The number of oxazole rings is 1. The number of hydrogen-bond acceptors (Lipinski definition) is 4. The summed E-state index contributed by atoms with van der Waals surface area (Å²) in [5.74, 6) is -1.76. The maximum absolute atomic E-state index is 13.0. The predicted molar refractivity (Wildman–Crippen MR) is 155 cm³/mol. The minimum Gasteiger partial charge on any atom is -0.481 e. The van der Waals surface area contributed by atoms with Gasteiger partial charge in [0.25, 0.3) is 0 Å². The standard InChI is InChI=1S/C31H49NO4S/c1-3-5-7-9-11-13-15-19-23-31(30(34)35,24-20-16-14-12-10-8-6-4-2)27(29(33)37)28-32-25-21-17-18-22-26(25)36-28/h17-18,21-22,27H,3-16,19-20,23-24H2,1-2H3,(H,33,37)(H,34,35). The first-order valence-electron chi connectivity index (χ1n) is 14.8. The molecule has 6 heteroatoms. The summed E-state index contributed by atoms with van der Waals surface area (Å²) in [6.45, 7) is 4.43. The van der Waals surface area contributed by atoms with Crippen molar-refractivity contribution in [2.45, 2.75) is 135 Å². The molecule has 1 atom stereocenters. The fraction of sp³-hybridized carbons (Fsp3) is 0.710. The summed E-state index contributed by atoms with van der Waals surface area (Å²) in [5.41, 5.74) is -0.0597. The lowest BCUT2D eigenvalue weighted by Gasteiger charge is -2.34. The minimum absolute atomic E-state index is 0.183. The molecule has 0 amide bonds. The molecule has 0 aliphatic heterocycles. The molecule has 1 N–H and O–H groups in total. The average Bonchev–Trinajstić information content (AvgIpc) is 3.29. The van der Waals surface area contributed by atoms with E-state index >= 15 is 0 Å². The van der Waals surface area contributed by atoms with E-state index in [1.165, 1.54) is 64.2 Å². The number of hydrogen-bond donors (Lipinski definition) is 2. The maximum atomic E-state index is 13.0. The first kappa shape index (κ1) is 31.4. The van der Waals surface area contributed by atoms with Gasteiger partial charge in [0.15, 0.2) is 10.7 Å². The Kier molecular flexibility index (Phi) is 15.0. The Labute approximate surface area is 229 Å². The molecule has 0 aliphatic carbocycles. The molecule has 0 fully saturated rings. The molecule has 0 radical (unpaired) electrons. The number of fused-ring (bicyclic) bond motifs is 1. The van der Waals surface area contributed by atoms with Gasteiger partial charge in [-0.3, -0.25) is 9.59 Å². The highest BCUT2D eigenvalue weighted by Gasteiger charge is 2.50. The van der Waals surface area contributed by atoms with Gasteiger partial charge in [0, 0.05) is 0 Å². The summed E-state index contributed by atoms with van der Waals surface area (Å²) in [7, 11) is 0. The molecule has 2 aromatic rings. The first-order chi connectivity index (χ1) is 18.0. The van der Waals surface area contributed by atoms with Gasteiger partial charge >= 0.3 is 5.97 Å². The molecular weight excluding hydrogens is 482 g/mol. The van der Waals surface area contributed by atoms with Crippen molar-refractivity contribution >= 4 is 34.8 Å². The summed E-state index contributed by atoms with van der Waals surface area (Å²) in [4.78, 5) is 30.5. The summed E-state index contributed by atoms with van der Waals surface area (Å²) in [6.07, 6.45) is 18.9. The summed E-state index contributed by atoms with van der Waals surface area (Å²) >= 11 is 4.19. The second-order valence-electron chi connectivity index (χ2n) is 10.7. The molecular formula is C31H49NO4S. The van der Waals surface area contributed by atoms with Crippen molar-refractivity contribution < 1.29 is 19.1 Å². The lowest BCUT2D eigenvalue weighted by Crippen LogP contribution is -2.40. The van der Waals surface area contributed by atoms with Crippen molar-refractivity contribution in [2.75, 3.05) is 0 Å². The Bertz CT molecular complexity index is 872. The van der Waals surface area contributed by atoms with Crippen molar-refractivity contribution in [3.8, 4) is 0 Å². The average molecular weight is 532 g/mol. The molecule has 2 rings (SSSR count). The highest BCUT2D eigenvalue weighted by atomic mass is 32.1. The highest BCUT2D eigenvalue weighted by molar-refractivity contribution is 7.96. The predicted octanol–water partition coefficient (Wildman–Crippen LogP) is 9.50. The zero-order valence-corrected chi connectivity index (χ0v) is 24.1. The van der Waals surface area contributed by atoms with Crippen molar-refractivity contribution in [3.63, 3.8) is 0 Å². The van der Waals surface area contributed by atoms with Crippen LogP contribution in [0, 0.1) is 5.41 Å². The molecule has 0 saturated carbocycles. The summed E-state index contributed by atoms with van der Waals surface area (Å²) < 4.78 is 5.97. The Morgan fingerprint density at radius 2 is 1.27 bits per heavy atom. The second-order valence-corrected chi connectivity index (χ2v) is 11.1. The molecule has 37 heavy (non-hydrogen) atoms. The third kappa shape index (κ3) is 10.1. The molecule has 5 nitrogen and oxygen atoms in total. The number of nitrogens with zero attached hydrogens (tertiary/aromatic N) is 1. The van der Waals surface area contributed by atoms with Crippen LogP contribution < -0.4 is 0 Å². The second kappa shape index (κ2) is 17.6. The Hall–Kier alpha value is -1.82. The topological polar surface area (TPSA) is 80.4 Å². The summed E-state index contributed by atoms with van der Waals surface area (Å²) in [5, 5.41) is 10.1.